The second-order valence-corrected chi connectivity index (χ2v) is 5.24. The number of carboxylic acids is 1. The van der Waals surface area contributed by atoms with Crippen LogP contribution < -0.4 is 10.1 Å². The normalized spacial score (nSPS) is 11.3. The van der Waals surface area contributed by atoms with Gasteiger partial charge >= 0.3 is 5.97 Å². The van der Waals surface area contributed by atoms with Crippen LogP contribution in [0, 0.1) is 0 Å². The molecule has 0 aliphatic heterocycles. The van der Waals surface area contributed by atoms with Gasteiger partial charge < -0.3 is 15.2 Å². The number of nitrogens with one attached hydrogen (secondary N) is 1. The van der Waals surface area contributed by atoms with Gasteiger partial charge in [0.25, 0.3) is 5.91 Å². The lowest BCUT2D eigenvalue weighted by Crippen LogP contribution is -2.53. The molecular weight excluding hydrogens is 270 g/mol. The highest BCUT2D eigenvalue weighted by atomic mass is 16.5. The molecule has 1 aromatic carbocycles. The van der Waals surface area contributed by atoms with Crippen molar-refractivity contribution in [1.82, 2.24) is 5.32 Å². The summed E-state index contributed by atoms with van der Waals surface area (Å²) in [4.78, 5) is 23.7. The fraction of sp³-hybridized carbons (Fsp3) is 0.500. The van der Waals surface area contributed by atoms with Gasteiger partial charge in [-0.25, -0.2) is 4.79 Å². The Hall–Kier alpha value is -2.04. The maximum atomic E-state index is 12.3. The molecule has 116 valence electrons. The lowest BCUT2D eigenvalue weighted by atomic mass is 9.92. The number of aliphatic carboxylic acids is 1. The van der Waals surface area contributed by atoms with Crippen LogP contribution in [0.3, 0.4) is 0 Å². The van der Waals surface area contributed by atoms with E-state index in [1.54, 1.807) is 38.1 Å². The first kappa shape index (κ1) is 17.0. The molecule has 2 N–H and O–H groups in total. The fourth-order valence-corrected chi connectivity index (χ4v) is 2.05. The van der Waals surface area contributed by atoms with E-state index in [1.807, 2.05) is 13.8 Å². The summed E-state index contributed by atoms with van der Waals surface area (Å²) in [5.74, 6) is -0.836. The fourth-order valence-electron chi connectivity index (χ4n) is 2.05. The zero-order chi connectivity index (χ0) is 16.0. The molecule has 5 nitrogen and oxygen atoms in total. The molecule has 0 aromatic heterocycles. The summed E-state index contributed by atoms with van der Waals surface area (Å²) < 4.78 is 5.54. The molecular formula is C16H23NO4. The van der Waals surface area contributed by atoms with Crippen molar-refractivity contribution in [3.05, 3.63) is 29.8 Å². The molecule has 0 heterocycles. The van der Waals surface area contributed by atoms with E-state index < -0.39 is 17.4 Å². The Labute approximate surface area is 125 Å². The highest BCUT2D eigenvalue weighted by Crippen LogP contribution is 2.19. The lowest BCUT2D eigenvalue weighted by molar-refractivity contribution is -0.144. The van der Waals surface area contributed by atoms with E-state index in [4.69, 9.17) is 4.74 Å². The molecule has 0 aliphatic rings. The first-order chi connectivity index (χ1) is 9.84. The van der Waals surface area contributed by atoms with Crippen LogP contribution in [0.25, 0.3) is 0 Å². The average Bonchev–Trinajstić information content (AvgIpc) is 2.44. The SMILES string of the molecule is CCC(CC)(NC(=O)c1cccc(OC(C)C)c1)C(=O)O. The predicted molar refractivity (Wildman–Crippen MR) is 80.6 cm³/mol. The number of benzene rings is 1. The Morgan fingerprint density at radius 2 is 1.90 bits per heavy atom. The molecule has 0 bridgehead atoms. The molecule has 0 fully saturated rings. The van der Waals surface area contributed by atoms with E-state index in [0.29, 0.717) is 24.2 Å². The van der Waals surface area contributed by atoms with Gasteiger partial charge in [-0.15, -0.1) is 0 Å². The number of ether oxygens (including phenoxy) is 1. The van der Waals surface area contributed by atoms with E-state index in [9.17, 15) is 14.7 Å². The molecule has 1 rings (SSSR count). The quantitative estimate of drug-likeness (QED) is 0.810. The van der Waals surface area contributed by atoms with Crippen molar-refractivity contribution in [2.75, 3.05) is 0 Å². The minimum atomic E-state index is -1.23. The molecule has 1 aromatic rings. The van der Waals surface area contributed by atoms with Crippen molar-refractivity contribution in [2.45, 2.75) is 52.2 Å². The van der Waals surface area contributed by atoms with Crippen LogP contribution in [0.4, 0.5) is 0 Å². The van der Waals surface area contributed by atoms with E-state index in [-0.39, 0.29) is 6.10 Å². The Morgan fingerprint density at radius 3 is 2.38 bits per heavy atom. The number of amides is 1. The minimum absolute atomic E-state index is 0.00713. The number of carbonyl (C=O) groups excluding carboxylic acids is 1. The van der Waals surface area contributed by atoms with Gasteiger partial charge in [-0.3, -0.25) is 4.79 Å². The van der Waals surface area contributed by atoms with Crippen LogP contribution in [0.5, 0.6) is 5.75 Å². The molecule has 0 saturated heterocycles. The monoisotopic (exact) mass is 293 g/mol. The van der Waals surface area contributed by atoms with Gasteiger partial charge in [0, 0.05) is 5.56 Å². The Balaban J connectivity index is 2.95. The van der Waals surface area contributed by atoms with E-state index in [1.165, 1.54) is 0 Å². The summed E-state index contributed by atoms with van der Waals surface area (Å²) in [6.45, 7) is 7.29. The Morgan fingerprint density at radius 1 is 1.29 bits per heavy atom. The van der Waals surface area contributed by atoms with Crippen LogP contribution in [-0.2, 0) is 4.79 Å². The standard InChI is InChI=1S/C16H23NO4/c1-5-16(6-2,15(19)20)17-14(18)12-8-7-9-13(10-12)21-11(3)4/h7-11H,5-6H2,1-4H3,(H,17,18)(H,19,20). The first-order valence-corrected chi connectivity index (χ1v) is 7.17. The second kappa shape index (κ2) is 7.11. The van der Waals surface area contributed by atoms with Crippen molar-refractivity contribution in [1.29, 1.82) is 0 Å². The predicted octanol–water partition coefficient (Wildman–Crippen LogP) is 2.85. The summed E-state index contributed by atoms with van der Waals surface area (Å²) in [6, 6.07) is 6.74. The van der Waals surface area contributed by atoms with E-state index in [2.05, 4.69) is 5.32 Å². The van der Waals surface area contributed by atoms with E-state index in [0.717, 1.165) is 0 Å². The number of hydrogen-bond donors (Lipinski definition) is 2. The number of rotatable bonds is 7. The smallest absolute Gasteiger partial charge is 0.329 e. The third-order valence-corrected chi connectivity index (χ3v) is 3.44. The van der Waals surface area contributed by atoms with Gasteiger partial charge in [-0.2, -0.15) is 0 Å². The third kappa shape index (κ3) is 4.21. The number of hydrogen-bond acceptors (Lipinski definition) is 3. The molecule has 0 atom stereocenters. The molecule has 5 heteroatoms. The van der Waals surface area contributed by atoms with Crippen molar-refractivity contribution in [3.63, 3.8) is 0 Å². The maximum Gasteiger partial charge on any atom is 0.329 e. The molecule has 0 unspecified atom stereocenters. The van der Waals surface area contributed by atoms with Crippen LogP contribution in [0.2, 0.25) is 0 Å². The molecule has 0 aliphatic carbocycles. The van der Waals surface area contributed by atoms with Crippen molar-refractivity contribution >= 4 is 11.9 Å². The molecule has 0 saturated carbocycles. The van der Waals surface area contributed by atoms with Crippen LogP contribution in [0.15, 0.2) is 24.3 Å². The molecule has 0 spiro atoms. The van der Waals surface area contributed by atoms with Gasteiger partial charge in [-0.05, 0) is 44.9 Å². The molecule has 21 heavy (non-hydrogen) atoms. The van der Waals surface area contributed by atoms with Gasteiger partial charge in [-0.1, -0.05) is 19.9 Å². The largest absolute Gasteiger partial charge is 0.491 e. The van der Waals surface area contributed by atoms with Gasteiger partial charge in [0.1, 0.15) is 11.3 Å². The van der Waals surface area contributed by atoms with Crippen molar-refractivity contribution in [2.24, 2.45) is 0 Å². The second-order valence-electron chi connectivity index (χ2n) is 5.24. The van der Waals surface area contributed by atoms with Crippen LogP contribution in [0.1, 0.15) is 50.9 Å². The molecule has 1 amide bonds. The summed E-state index contributed by atoms with van der Waals surface area (Å²) in [6.07, 6.45) is 0.659. The Kier molecular flexibility index (Phi) is 5.76. The summed E-state index contributed by atoms with van der Waals surface area (Å²) in [5, 5.41) is 12.0. The Bertz CT molecular complexity index is 507. The van der Waals surface area contributed by atoms with Gasteiger partial charge in [0.2, 0.25) is 0 Å². The minimum Gasteiger partial charge on any atom is -0.491 e. The van der Waals surface area contributed by atoms with Gasteiger partial charge in [0.05, 0.1) is 6.10 Å². The summed E-state index contributed by atoms with van der Waals surface area (Å²) >= 11 is 0. The summed E-state index contributed by atoms with van der Waals surface area (Å²) in [7, 11) is 0. The average molecular weight is 293 g/mol. The lowest BCUT2D eigenvalue weighted by Gasteiger charge is -2.28. The number of carbonyl (C=O) groups is 2. The van der Waals surface area contributed by atoms with Crippen molar-refractivity contribution in [3.8, 4) is 5.75 Å². The van der Waals surface area contributed by atoms with Crippen LogP contribution >= 0.6 is 0 Å². The summed E-state index contributed by atoms with van der Waals surface area (Å²) in [5.41, 5.74) is -0.841. The highest BCUT2D eigenvalue weighted by Gasteiger charge is 2.36. The zero-order valence-electron chi connectivity index (χ0n) is 13.0. The topological polar surface area (TPSA) is 75.6 Å². The number of carboxylic acid groups (broad SMARTS) is 1. The highest BCUT2D eigenvalue weighted by molar-refractivity contribution is 5.98. The molecule has 0 radical (unpaired) electrons. The third-order valence-electron chi connectivity index (χ3n) is 3.44. The van der Waals surface area contributed by atoms with Crippen LogP contribution in [-0.4, -0.2) is 28.6 Å². The van der Waals surface area contributed by atoms with Gasteiger partial charge in [0.15, 0.2) is 0 Å². The van der Waals surface area contributed by atoms with Crippen molar-refractivity contribution < 1.29 is 19.4 Å². The zero-order valence-corrected chi connectivity index (χ0v) is 13.0. The first-order valence-electron chi connectivity index (χ1n) is 7.17. The maximum absolute atomic E-state index is 12.3. The van der Waals surface area contributed by atoms with E-state index >= 15 is 0 Å².